The molecule has 0 saturated heterocycles. The van der Waals surface area contributed by atoms with Crippen LogP contribution >= 0.6 is 11.8 Å². The lowest BCUT2D eigenvalue weighted by molar-refractivity contribution is 0.366. The second-order valence-corrected chi connectivity index (χ2v) is 6.80. The van der Waals surface area contributed by atoms with E-state index in [1.54, 1.807) is 0 Å². The van der Waals surface area contributed by atoms with Crippen LogP contribution in [0.2, 0.25) is 0 Å². The van der Waals surface area contributed by atoms with Gasteiger partial charge in [-0.05, 0) is 52.0 Å². The quantitative estimate of drug-likeness (QED) is 0.850. The van der Waals surface area contributed by atoms with Crippen LogP contribution < -0.4 is 5.32 Å². The van der Waals surface area contributed by atoms with Gasteiger partial charge in [0.1, 0.15) is 0 Å². The zero-order chi connectivity index (χ0) is 13.0. The number of nitrogens with one attached hydrogen (secondary N) is 1. The molecular weight excluding hydrogens is 240 g/mol. The lowest BCUT2D eigenvalue weighted by atomic mass is 10.1. The molecule has 2 rings (SSSR count). The molecule has 1 N–H and O–H groups in total. The molecule has 0 saturated carbocycles. The van der Waals surface area contributed by atoms with Crippen LogP contribution in [0.15, 0.2) is 29.2 Å². The summed E-state index contributed by atoms with van der Waals surface area (Å²) in [7, 11) is 4.27. The number of hydrogen-bond donors (Lipinski definition) is 1. The fourth-order valence-electron chi connectivity index (χ4n) is 2.25. The molecule has 0 fully saturated rings. The highest BCUT2D eigenvalue weighted by Gasteiger charge is 2.21. The maximum absolute atomic E-state index is 3.67. The van der Waals surface area contributed by atoms with Crippen LogP contribution in [0.4, 0.5) is 0 Å². The highest BCUT2D eigenvalue weighted by atomic mass is 32.2. The number of nitrogens with zero attached hydrogens (tertiary/aromatic N) is 1. The Morgan fingerprint density at radius 3 is 2.89 bits per heavy atom. The van der Waals surface area contributed by atoms with Crippen molar-refractivity contribution < 1.29 is 0 Å². The monoisotopic (exact) mass is 264 g/mol. The van der Waals surface area contributed by atoms with Crippen LogP contribution in [0.3, 0.4) is 0 Å². The minimum absolute atomic E-state index is 0.608. The molecule has 100 valence electrons. The number of benzene rings is 1. The van der Waals surface area contributed by atoms with Crippen molar-refractivity contribution in [1.29, 1.82) is 0 Å². The highest BCUT2D eigenvalue weighted by Crippen LogP contribution is 2.36. The van der Waals surface area contributed by atoms with Gasteiger partial charge in [0.05, 0.1) is 0 Å². The summed E-state index contributed by atoms with van der Waals surface area (Å²) in [5.41, 5.74) is 1.52. The van der Waals surface area contributed by atoms with Crippen molar-refractivity contribution in [2.45, 2.75) is 36.0 Å². The van der Waals surface area contributed by atoms with Gasteiger partial charge in [-0.3, -0.25) is 0 Å². The van der Waals surface area contributed by atoms with Gasteiger partial charge in [0.25, 0.3) is 0 Å². The average Bonchev–Trinajstić information content (AvgIpc) is 2.76. The molecular formula is C15H24N2S. The van der Waals surface area contributed by atoms with Gasteiger partial charge < -0.3 is 10.2 Å². The predicted octanol–water partition coefficient (Wildman–Crippen LogP) is 2.63. The molecule has 2 atom stereocenters. The Kier molecular flexibility index (Phi) is 5.10. The van der Waals surface area contributed by atoms with Crippen molar-refractivity contribution in [3.8, 4) is 0 Å². The van der Waals surface area contributed by atoms with Gasteiger partial charge >= 0.3 is 0 Å². The van der Waals surface area contributed by atoms with E-state index in [0.717, 1.165) is 13.1 Å². The third-order valence-corrected chi connectivity index (χ3v) is 4.74. The first-order valence-corrected chi connectivity index (χ1v) is 7.66. The molecule has 18 heavy (non-hydrogen) atoms. The van der Waals surface area contributed by atoms with E-state index in [4.69, 9.17) is 0 Å². The SMILES string of the molecule is CC(CCN(C)C)NCC1Cc2ccccc2S1. The van der Waals surface area contributed by atoms with Gasteiger partial charge in [0.15, 0.2) is 0 Å². The van der Waals surface area contributed by atoms with E-state index in [2.05, 4.69) is 55.5 Å². The summed E-state index contributed by atoms with van der Waals surface area (Å²) in [6, 6.07) is 9.40. The van der Waals surface area contributed by atoms with Crippen LogP contribution in [0, 0.1) is 0 Å². The van der Waals surface area contributed by atoms with Gasteiger partial charge in [-0.1, -0.05) is 18.2 Å². The molecule has 0 aromatic heterocycles. The first kappa shape index (κ1) is 13.9. The van der Waals surface area contributed by atoms with Crippen LogP contribution in [-0.2, 0) is 6.42 Å². The standard InChI is InChI=1S/C15H24N2S/c1-12(8-9-17(2)3)16-11-14-10-13-6-4-5-7-15(13)18-14/h4-7,12,14,16H,8-11H2,1-3H3. The molecule has 0 amide bonds. The maximum Gasteiger partial charge on any atom is 0.0260 e. The number of fused-ring (bicyclic) bond motifs is 1. The van der Waals surface area contributed by atoms with E-state index in [0.29, 0.717) is 11.3 Å². The van der Waals surface area contributed by atoms with Gasteiger partial charge in [-0.15, -0.1) is 11.8 Å². The summed E-state index contributed by atoms with van der Waals surface area (Å²) in [6.45, 7) is 4.57. The maximum atomic E-state index is 3.67. The molecule has 1 aromatic carbocycles. The van der Waals surface area contributed by atoms with Crippen LogP contribution in [-0.4, -0.2) is 43.4 Å². The topological polar surface area (TPSA) is 15.3 Å². The number of rotatable bonds is 6. The smallest absolute Gasteiger partial charge is 0.0260 e. The minimum atomic E-state index is 0.608. The van der Waals surface area contributed by atoms with E-state index in [-0.39, 0.29) is 0 Å². The zero-order valence-corrected chi connectivity index (χ0v) is 12.5. The van der Waals surface area contributed by atoms with E-state index >= 15 is 0 Å². The lowest BCUT2D eigenvalue weighted by Crippen LogP contribution is -2.34. The normalized spacial score (nSPS) is 20.1. The average molecular weight is 264 g/mol. The summed E-state index contributed by atoms with van der Waals surface area (Å²) in [5.74, 6) is 0. The second-order valence-electron chi connectivity index (χ2n) is 5.45. The predicted molar refractivity (Wildman–Crippen MR) is 80.4 cm³/mol. The summed E-state index contributed by atoms with van der Waals surface area (Å²) >= 11 is 2.03. The first-order chi connectivity index (χ1) is 8.65. The fraction of sp³-hybridized carbons (Fsp3) is 0.600. The number of thioether (sulfide) groups is 1. The molecule has 2 unspecified atom stereocenters. The summed E-state index contributed by atoms with van der Waals surface area (Å²) < 4.78 is 0. The Bertz CT molecular complexity index is 354. The van der Waals surface area contributed by atoms with Crippen LogP contribution in [0.5, 0.6) is 0 Å². The molecule has 1 aromatic rings. The molecule has 2 nitrogen and oxygen atoms in total. The molecule has 0 spiro atoms. The highest BCUT2D eigenvalue weighted by molar-refractivity contribution is 8.00. The Morgan fingerprint density at radius 2 is 2.17 bits per heavy atom. The summed E-state index contributed by atoms with van der Waals surface area (Å²) in [6.07, 6.45) is 2.44. The molecule has 1 aliphatic rings. The Morgan fingerprint density at radius 1 is 1.39 bits per heavy atom. The van der Waals surface area contributed by atoms with Crippen molar-refractivity contribution in [3.05, 3.63) is 29.8 Å². The first-order valence-electron chi connectivity index (χ1n) is 6.78. The van der Waals surface area contributed by atoms with E-state index in [9.17, 15) is 0 Å². The lowest BCUT2D eigenvalue weighted by Gasteiger charge is -2.18. The van der Waals surface area contributed by atoms with E-state index < -0.39 is 0 Å². The largest absolute Gasteiger partial charge is 0.313 e. The zero-order valence-electron chi connectivity index (χ0n) is 11.6. The van der Waals surface area contributed by atoms with Crippen molar-refractivity contribution in [3.63, 3.8) is 0 Å². The Labute approximate surface area is 115 Å². The number of hydrogen-bond acceptors (Lipinski definition) is 3. The molecule has 0 bridgehead atoms. The molecule has 0 radical (unpaired) electrons. The van der Waals surface area contributed by atoms with Crippen LogP contribution in [0.25, 0.3) is 0 Å². The van der Waals surface area contributed by atoms with E-state index in [1.165, 1.54) is 23.3 Å². The Hall–Kier alpha value is -0.510. The van der Waals surface area contributed by atoms with Gasteiger partial charge in [-0.2, -0.15) is 0 Å². The molecule has 1 heterocycles. The minimum Gasteiger partial charge on any atom is -0.313 e. The van der Waals surface area contributed by atoms with Crippen LogP contribution in [0.1, 0.15) is 18.9 Å². The van der Waals surface area contributed by atoms with Crippen molar-refractivity contribution in [2.24, 2.45) is 0 Å². The molecule has 0 aliphatic carbocycles. The van der Waals surface area contributed by atoms with Crippen molar-refractivity contribution in [2.75, 3.05) is 27.2 Å². The molecule has 3 heteroatoms. The summed E-state index contributed by atoms with van der Waals surface area (Å²) in [4.78, 5) is 3.73. The van der Waals surface area contributed by atoms with Gasteiger partial charge in [-0.25, -0.2) is 0 Å². The molecule has 1 aliphatic heterocycles. The van der Waals surface area contributed by atoms with E-state index in [1.807, 2.05) is 11.8 Å². The van der Waals surface area contributed by atoms with Crippen molar-refractivity contribution in [1.82, 2.24) is 10.2 Å². The third-order valence-electron chi connectivity index (χ3n) is 3.42. The Balaban J connectivity index is 1.70. The fourth-order valence-corrected chi connectivity index (χ4v) is 3.52. The summed E-state index contributed by atoms with van der Waals surface area (Å²) in [5, 5.41) is 4.38. The van der Waals surface area contributed by atoms with Gasteiger partial charge in [0.2, 0.25) is 0 Å². The van der Waals surface area contributed by atoms with Crippen molar-refractivity contribution >= 4 is 11.8 Å². The third kappa shape index (κ3) is 4.01. The van der Waals surface area contributed by atoms with Gasteiger partial charge in [0, 0.05) is 22.7 Å². The second kappa shape index (κ2) is 6.60.